The van der Waals surface area contributed by atoms with Crippen LogP contribution >= 0.6 is 11.8 Å². The van der Waals surface area contributed by atoms with Gasteiger partial charge in [-0.05, 0) is 24.1 Å². The Morgan fingerprint density at radius 3 is 2.83 bits per heavy atom. The number of aryl methyl sites for hydroxylation is 1. The summed E-state index contributed by atoms with van der Waals surface area (Å²) in [5, 5.41) is 12.6. The maximum atomic E-state index is 9.07. The molecule has 18 heavy (non-hydrogen) atoms. The first-order chi connectivity index (χ1) is 8.67. The van der Waals surface area contributed by atoms with Crippen LogP contribution in [0, 0.1) is 6.92 Å². The molecule has 1 aromatic carbocycles. The summed E-state index contributed by atoms with van der Waals surface area (Å²) < 4.78 is 4.99. The van der Waals surface area contributed by atoms with Crippen molar-refractivity contribution >= 4 is 11.8 Å². The van der Waals surface area contributed by atoms with Gasteiger partial charge in [-0.15, -0.1) is 11.8 Å². The third-order valence-electron chi connectivity index (χ3n) is 2.64. The molecule has 0 saturated heterocycles. The van der Waals surface area contributed by atoms with E-state index in [0.29, 0.717) is 0 Å². The molecule has 0 bridgehead atoms. The van der Waals surface area contributed by atoms with E-state index in [9.17, 15) is 0 Å². The Hall–Kier alpha value is -0.550. The predicted octanol–water partition coefficient (Wildman–Crippen LogP) is 2.20. The zero-order chi connectivity index (χ0) is 13.4. The Labute approximate surface area is 114 Å². The summed E-state index contributed by atoms with van der Waals surface area (Å²) >= 11 is 1.72. The van der Waals surface area contributed by atoms with Gasteiger partial charge in [0.25, 0.3) is 0 Å². The van der Waals surface area contributed by atoms with Crippen molar-refractivity contribution in [2.24, 2.45) is 0 Å². The van der Waals surface area contributed by atoms with E-state index in [1.54, 1.807) is 18.9 Å². The summed E-state index contributed by atoms with van der Waals surface area (Å²) in [7, 11) is 1.71. The fourth-order valence-electron chi connectivity index (χ4n) is 1.61. The third-order valence-corrected chi connectivity index (χ3v) is 3.90. The highest BCUT2D eigenvalue weighted by atomic mass is 32.2. The Morgan fingerprint density at radius 2 is 2.22 bits per heavy atom. The molecule has 0 saturated carbocycles. The molecule has 4 heteroatoms. The first-order valence-corrected chi connectivity index (χ1v) is 7.12. The van der Waals surface area contributed by atoms with Gasteiger partial charge in [-0.3, -0.25) is 0 Å². The average molecular weight is 269 g/mol. The summed E-state index contributed by atoms with van der Waals surface area (Å²) in [5.74, 6) is 0. The molecule has 0 aliphatic carbocycles. The number of thioether (sulfide) groups is 1. The fraction of sp³-hybridized carbons (Fsp3) is 0.571. The molecule has 0 aromatic heterocycles. The number of methoxy groups -OCH3 is 1. The standard InChI is InChI=1S/C14H23NO2S/c1-11-8-13(9-15-6-7-17-3)4-5-14(11)18-12(2)10-16/h4-5,8,12,15-16H,6-7,9-10H2,1-3H3. The zero-order valence-corrected chi connectivity index (χ0v) is 12.2. The van der Waals surface area contributed by atoms with Crippen LogP contribution in [0.2, 0.25) is 0 Å². The lowest BCUT2D eigenvalue weighted by atomic mass is 10.1. The number of aliphatic hydroxyl groups is 1. The Morgan fingerprint density at radius 1 is 1.44 bits per heavy atom. The molecule has 1 atom stereocenters. The van der Waals surface area contributed by atoms with E-state index in [-0.39, 0.29) is 11.9 Å². The summed E-state index contributed by atoms with van der Waals surface area (Å²) in [6, 6.07) is 6.48. The molecule has 0 aliphatic heterocycles. The van der Waals surface area contributed by atoms with Gasteiger partial charge in [0.1, 0.15) is 0 Å². The molecule has 1 unspecified atom stereocenters. The van der Waals surface area contributed by atoms with Gasteiger partial charge in [0.05, 0.1) is 13.2 Å². The van der Waals surface area contributed by atoms with Crippen molar-refractivity contribution in [2.45, 2.75) is 30.5 Å². The van der Waals surface area contributed by atoms with Crippen LogP contribution in [-0.2, 0) is 11.3 Å². The number of aliphatic hydroxyl groups excluding tert-OH is 1. The second-order valence-electron chi connectivity index (χ2n) is 4.38. The Kier molecular flexibility index (Phi) is 7.35. The van der Waals surface area contributed by atoms with Crippen LogP contribution < -0.4 is 5.32 Å². The largest absolute Gasteiger partial charge is 0.395 e. The minimum Gasteiger partial charge on any atom is -0.395 e. The second kappa shape index (κ2) is 8.53. The quantitative estimate of drug-likeness (QED) is 0.561. The van der Waals surface area contributed by atoms with Crippen molar-refractivity contribution in [3.8, 4) is 0 Å². The highest BCUT2D eigenvalue weighted by Gasteiger charge is 2.06. The molecule has 1 rings (SSSR count). The van der Waals surface area contributed by atoms with Crippen LogP contribution in [0.1, 0.15) is 18.1 Å². The molecule has 0 radical (unpaired) electrons. The zero-order valence-electron chi connectivity index (χ0n) is 11.4. The van der Waals surface area contributed by atoms with Crippen molar-refractivity contribution < 1.29 is 9.84 Å². The van der Waals surface area contributed by atoms with Gasteiger partial charge in [-0.25, -0.2) is 0 Å². The number of benzene rings is 1. The van der Waals surface area contributed by atoms with Gasteiger partial charge in [0.15, 0.2) is 0 Å². The minimum atomic E-state index is 0.213. The number of hydrogen-bond acceptors (Lipinski definition) is 4. The molecule has 0 heterocycles. The molecular formula is C14H23NO2S. The van der Waals surface area contributed by atoms with Crippen LogP contribution in [0.25, 0.3) is 0 Å². The molecular weight excluding hydrogens is 246 g/mol. The normalized spacial score (nSPS) is 12.7. The lowest BCUT2D eigenvalue weighted by Gasteiger charge is -2.12. The van der Waals surface area contributed by atoms with Crippen molar-refractivity contribution in [1.29, 1.82) is 0 Å². The van der Waals surface area contributed by atoms with Gasteiger partial charge in [-0.2, -0.15) is 0 Å². The highest BCUT2D eigenvalue weighted by molar-refractivity contribution is 8.00. The molecule has 0 amide bonds. The van der Waals surface area contributed by atoms with Crippen molar-refractivity contribution in [1.82, 2.24) is 5.32 Å². The van der Waals surface area contributed by atoms with E-state index in [4.69, 9.17) is 9.84 Å². The smallest absolute Gasteiger partial charge is 0.0587 e. The van der Waals surface area contributed by atoms with Gasteiger partial charge in [0.2, 0.25) is 0 Å². The molecule has 0 aliphatic rings. The van der Waals surface area contributed by atoms with Crippen molar-refractivity contribution in [2.75, 3.05) is 26.9 Å². The summed E-state index contributed by atoms with van der Waals surface area (Å²) in [6.45, 7) is 6.83. The SMILES string of the molecule is COCCNCc1ccc(SC(C)CO)c(C)c1. The second-order valence-corrected chi connectivity index (χ2v) is 5.86. The molecule has 0 spiro atoms. The number of ether oxygens (including phenoxy) is 1. The maximum absolute atomic E-state index is 9.07. The number of nitrogens with one attached hydrogen (secondary N) is 1. The Balaban J connectivity index is 2.51. The summed E-state index contributed by atoms with van der Waals surface area (Å²) in [5.41, 5.74) is 2.55. The van der Waals surface area contributed by atoms with E-state index < -0.39 is 0 Å². The number of hydrogen-bond donors (Lipinski definition) is 2. The van der Waals surface area contributed by atoms with Gasteiger partial charge in [-0.1, -0.05) is 19.1 Å². The van der Waals surface area contributed by atoms with Crippen LogP contribution in [0.15, 0.2) is 23.1 Å². The van der Waals surface area contributed by atoms with E-state index >= 15 is 0 Å². The minimum absolute atomic E-state index is 0.213. The van der Waals surface area contributed by atoms with Crippen molar-refractivity contribution in [3.63, 3.8) is 0 Å². The fourth-order valence-corrected chi connectivity index (χ4v) is 2.51. The van der Waals surface area contributed by atoms with Crippen LogP contribution in [0.4, 0.5) is 0 Å². The molecule has 0 fully saturated rings. The molecule has 102 valence electrons. The van der Waals surface area contributed by atoms with Crippen LogP contribution in [0.3, 0.4) is 0 Å². The predicted molar refractivity (Wildman–Crippen MR) is 77.2 cm³/mol. The first-order valence-electron chi connectivity index (χ1n) is 6.24. The third kappa shape index (κ3) is 5.40. The van der Waals surface area contributed by atoms with E-state index in [0.717, 1.165) is 19.7 Å². The van der Waals surface area contributed by atoms with Crippen molar-refractivity contribution in [3.05, 3.63) is 29.3 Å². The molecule has 3 nitrogen and oxygen atoms in total. The van der Waals surface area contributed by atoms with Gasteiger partial charge < -0.3 is 15.2 Å². The maximum Gasteiger partial charge on any atom is 0.0587 e. The average Bonchev–Trinajstić information content (AvgIpc) is 2.37. The summed E-state index contributed by atoms with van der Waals surface area (Å²) in [6.07, 6.45) is 0. The highest BCUT2D eigenvalue weighted by Crippen LogP contribution is 2.26. The molecule has 1 aromatic rings. The van der Waals surface area contributed by atoms with E-state index in [1.807, 2.05) is 6.92 Å². The van der Waals surface area contributed by atoms with Gasteiger partial charge >= 0.3 is 0 Å². The van der Waals surface area contributed by atoms with Crippen LogP contribution in [0.5, 0.6) is 0 Å². The van der Waals surface area contributed by atoms with E-state index in [1.165, 1.54) is 16.0 Å². The van der Waals surface area contributed by atoms with Gasteiger partial charge in [0, 0.05) is 30.3 Å². The summed E-state index contributed by atoms with van der Waals surface area (Å²) in [4.78, 5) is 1.25. The molecule has 2 N–H and O–H groups in total. The first kappa shape index (κ1) is 15.5. The van der Waals surface area contributed by atoms with Crippen LogP contribution in [-0.4, -0.2) is 37.2 Å². The van der Waals surface area contributed by atoms with E-state index in [2.05, 4.69) is 30.4 Å². The topological polar surface area (TPSA) is 41.5 Å². The monoisotopic (exact) mass is 269 g/mol. The number of rotatable bonds is 8. The lowest BCUT2D eigenvalue weighted by Crippen LogP contribution is -2.18. The lowest BCUT2D eigenvalue weighted by molar-refractivity contribution is 0.199. The Bertz CT molecular complexity index is 358.